The van der Waals surface area contributed by atoms with Gasteiger partial charge in [-0.25, -0.2) is 19.2 Å². The van der Waals surface area contributed by atoms with Crippen LogP contribution < -0.4 is 5.56 Å². The van der Waals surface area contributed by atoms with Crippen molar-refractivity contribution in [3.63, 3.8) is 0 Å². The molecule has 9 heteroatoms. The third-order valence-electron chi connectivity index (χ3n) is 8.67. The van der Waals surface area contributed by atoms with Crippen molar-refractivity contribution in [2.75, 3.05) is 0 Å². The number of esters is 1. The van der Waals surface area contributed by atoms with E-state index >= 15 is 0 Å². The zero-order chi connectivity index (χ0) is 26.3. The van der Waals surface area contributed by atoms with Crippen LogP contribution in [0.15, 0.2) is 21.9 Å². The third-order valence-corrected chi connectivity index (χ3v) is 8.67. The van der Waals surface area contributed by atoms with Gasteiger partial charge >= 0.3 is 5.97 Å². The van der Waals surface area contributed by atoms with Crippen LogP contribution in [0.2, 0.25) is 0 Å². The Bertz CT molecular complexity index is 1680. The van der Waals surface area contributed by atoms with Gasteiger partial charge < -0.3 is 14.4 Å². The van der Waals surface area contributed by atoms with Crippen LogP contribution in [-0.2, 0) is 33.9 Å². The van der Waals surface area contributed by atoms with Crippen LogP contribution in [-0.4, -0.2) is 32.2 Å². The standard InChI is InChI=1S/C29H26FN3O5/c1-13-15-7-8-20(32-27(35)14-5-3-2-4-6-14)24-17-11-33-22(25(17)31-21(23(15)24)10-19(13)30)9-16-18(28(33)36)12-38-29(37)26(16)34/h9-10,14,26,34H,2-8,11-12H2,1H3. The number of benzene rings is 1. The van der Waals surface area contributed by atoms with E-state index in [2.05, 4.69) is 4.99 Å². The maximum atomic E-state index is 15.0. The van der Waals surface area contributed by atoms with Gasteiger partial charge in [-0.15, -0.1) is 0 Å². The van der Waals surface area contributed by atoms with Gasteiger partial charge in [0.05, 0.1) is 34.7 Å². The smallest absolute Gasteiger partial charge is 0.340 e. The molecule has 4 aliphatic rings. The van der Waals surface area contributed by atoms with Gasteiger partial charge in [-0.05, 0) is 49.8 Å². The molecular weight excluding hydrogens is 489 g/mol. The molecule has 194 valence electrons. The van der Waals surface area contributed by atoms with Gasteiger partial charge in [-0.2, -0.15) is 0 Å². The predicted molar refractivity (Wildman–Crippen MR) is 136 cm³/mol. The third kappa shape index (κ3) is 3.27. The van der Waals surface area contributed by atoms with E-state index in [1.807, 2.05) is 0 Å². The zero-order valence-electron chi connectivity index (χ0n) is 21.0. The van der Waals surface area contributed by atoms with Gasteiger partial charge in [-0.3, -0.25) is 9.59 Å². The topological polar surface area (TPSA) is 111 Å². The molecular formula is C29H26FN3O5. The van der Waals surface area contributed by atoms with Crippen molar-refractivity contribution in [1.82, 2.24) is 9.55 Å². The van der Waals surface area contributed by atoms with E-state index in [-0.39, 0.29) is 47.5 Å². The van der Waals surface area contributed by atoms with E-state index in [0.29, 0.717) is 41.0 Å². The highest BCUT2D eigenvalue weighted by atomic mass is 19.1. The number of aryl methyl sites for hydroxylation is 1. The lowest BCUT2D eigenvalue weighted by Gasteiger charge is -2.24. The SMILES string of the molecule is Cc1c(F)cc2nc3c(c4c2c1CCC4=NC(=O)C1CCCCC1)Cn1c-3cc2c(c1=O)COC(=O)C2O. The number of cyclic esters (lactones) is 1. The number of aliphatic imine (C=N–C) groups is 1. The minimum atomic E-state index is -1.56. The number of aliphatic hydroxyl groups is 1. The van der Waals surface area contributed by atoms with Gasteiger partial charge in [0, 0.05) is 34.1 Å². The molecule has 2 aliphatic heterocycles. The fourth-order valence-electron chi connectivity index (χ4n) is 6.62. The summed E-state index contributed by atoms with van der Waals surface area (Å²) in [5.41, 5.74) is 5.01. The Morgan fingerprint density at radius 3 is 2.71 bits per heavy atom. The number of pyridine rings is 2. The molecule has 1 unspecified atom stereocenters. The molecule has 1 fully saturated rings. The summed E-state index contributed by atoms with van der Waals surface area (Å²) < 4.78 is 21.5. The van der Waals surface area contributed by atoms with Gasteiger partial charge in [0.1, 0.15) is 12.4 Å². The first-order valence-corrected chi connectivity index (χ1v) is 13.2. The Kier molecular flexibility index (Phi) is 5.17. The molecule has 0 radical (unpaired) electrons. The Morgan fingerprint density at radius 1 is 1.13 bits per heavy atom. The number of fused-ring (bicyclic) bond motifs is 5. The van der Waals surface area contributed by atoms with Gasteiger partial charge in [0.2, 0.25) is 5.91 Å². The van der Waals surface area contributed by atoms with Crippen LogP contribution in [0, 0.1) is 18.7 Å². The summed E-state index contributed by atoms with van der Waals surface area (Å²) in [5, 5.41) is 11.2. The van der Waals surface area contributed by atoms with Gasteiger partial charge in [-0.1, -0.05) is 19.3 Å². The summed E-state index contributed by atoms with van der Waals surface area (Å²) in [6.45, 7) is 1.74. The minimum absolute atomic E-state index is 0.0801. The van der Waals surface area contributed by atoms with Crippen molar-refractivity contribution in [2.45, 2.75) is 71.1 Å². The monoisotopic (exact) mass is 515 g/mol. The summed E-state index contributed by atoms with van der Waals surface area (Å²) >= 11 is 0. The number of aromatic nitrogens is 2. The lowest BCUT2D eigenvalue weighted by Crippen LogP contribution is -2.32. The maximum Gasteiger partial charge on any atom is 0.340 e. The van der Waals surface area contributed by atoms with Crippen molar-refractivity contribution < 1.29 is 23.8 Å². The molecule has 38 heavy (non-hydrogen) atoms. The minimum Gasteiger partial charge on any atom is -0.458 e. The van der Waals surface area contributed by atoms with Gasteiger partial charge in [0.15, 0.2) is 6.10 Å². The molecule has 4 heterocycles. The molecule has 7 rings (SSSR count). The Hall–Kier alpha value is -3.72. The normalized spacial score (nSPS) is 21.3. The van der Waals surface area contributed by atoms with E-state index < -0.39 is 12.1 Å². The van der Waals surface area contributed by atoms with Crippen molar-refractivity contribution in [3.05, 3.63) is 61.7 Å². The molecule has 1 aromatic carbocycles. The highest BCUT2D eigenvalue weighted by Gasteiger charge is 2.37. The number of amides is 1. The Balaban J connectivity index is 1.48. The largest absolute Gasteiger partial charge is 0.458 e. The first-order chi connectivity index (χ1) is 18.3. The van der Waals surface area contributed by atoms with Crippen LogP contribution >= 0.6 is 0 Å². The molecule has 0 saturated heterocycles. The molecule has 2 aromatic heterocycles. The number of aliphatic hydroxyl groups excluding tert-OH is 1. The van der Waals surface area contributed by atoms with E-state index in [1.165, 1.54) is 6.07 Å². The lowest BCUT2D eigenvalue weighted by atomic mass is 9.83. The van der Waals surface area contributed by atoms with Crippen molar-refractivity contribution >= 4 is 28.5 Å². The highest BCUT2D eigenvalue weighted by molar-refractivity contribution is 6.18. The number of carbonyl (C=O) groups excluding carboxylic acids is 2. The molecule has 1 amide bonds. The second-order valence-corrected chi connectivity index (χ2v) is 10.8. The molecule has 3 aromatic rings. The Labute approximate surface area is 217 Å². The number of halogens is 1. The number of ether oxygens (including phenoxy) is 1. The van der Waals surface area contributed by atoms with E-state index in [1.54, 1.807) is 17.6 Å². The van der Waals surface area contributed by atoms with E-state index in [9.17, 15) is 23.9 Å². The van der Waals surface area contributed by atoms with Crippen LogP contribution in [0.1, 0.15) is 78.0 Å². The quantitative estimate of drug-likeness (QED) is 0.386. The van der Waals surface area contributed by atoms with Crippen molar-refractivity contribution in [3.8, 4) is 11.4 Å². The molecule has 1 saturated carbocycles. The first kappa shape index (κ1) is 23.4. The van der Waals surface area contributed by atoms with Crippen LogP contribution in [0.4, 0.5) is 4.39 Å². The molecule has 2 aliphatic carbocycles. The first-order valence-electron chi connectivity index (χ1n) is 13.2. The molecule has 1 N–H and O–H groups in total. The fraction of sp³-hybridized carbons (Fsp3) is 0.414. The highest BCUT2D eigenvalue weighted by Crippen LogP contribution is 2.42. The summed E-state index contributed by atoms with van der Waals surface area (Å²) in [6.07, 6.45) is 4.36. The van der Waals surface area contributed by atoms with Crippen LogP contribution in [0.25, 0.3) is 22.3 Å². The molecule has 8 nitrogen and oxygen atoms in total. The zero-order valence-corrected chi connectivity index (χ0v) is 21.0. The number of nitrogens with zero attached hydrogens (tertiary/aromatic N) is 3. The second-order valence-electron chi connectivity index (χ2n) is 10.8. The lowest BCUT2D eigenvalue weighted by molar-refractivity contribution is -0.157. The summed E-state index contributed by atoms with van der Waals surface area (Å²) in [5.74, 6) is -1.35. The van der Waals surface area contributed by atoms with Crippen molar-refractivity contribution in [2.24, 2.45) is 10.9 Å². The number of hydrogen-bond acceptors (Lipinski definition) is 6. The maximum absolute atomic E-state index is 15.0. The van der Waals surface area contributed by atoms with Crippen LogP contribution in [0.3, 0.4) is 0 Å². The van der Waals surface area contributed by atoms with E-state index in [4.69, 9.17) is 9.72 Å². The fourth-order valence-corrected chi connectivity index (χ4v) is 6.62. The average Bonchev–Trinajstić information content (AvgIpc) is 3.29. The molecule has 1 atom stereocenters. The predicted octanol–water partition coefficient (Wildman–Crippen LogP) is 3.81. The van der Waals surface area contributed by atoms with Gasteiger partial charge in [0.25, 0.3) is 5.56 Å². The molecule has 0 spiro atoms. The second kappa shape index (κ2) is 8.39. The summed E-state index contributed by atoms with van der Waals surface area (Å²) in [4.78, 5) is 48.2. The average molecular weight is 516 g/mol. The number of carbonyl (C=O) groups is 2. The van der Waals surface area contributed by atoms with E-state index in [0.717, 1.165) is 54.2 Å². The summed E-state index contributed by atoms with van der Waals surface area (Å²) in [7, 11) is 0. The number of rotatable bonds is 1. The number of hydrogen-bond donors (Lipinski definition) is 1. The summed E-state index contributed by atoms with van der Waals surface area (Å²) in [6, 6.07) is 3.01. The molecule has 0 bridgehead atoms. The Morgan fingerprint density at radius 2 is 1.92 bits per heavy atom. The van der Waals surface area contributed by atoms with Crippen LogP contribution in [0.5, 0.6) is 0 Å². The van der Waals surface area contributed by atoms with Crippen molar-refractivity contribution in [1.29, 1.82) is 0 Å².